The molecule has 1 fully saturated rings. The van der Waals surface area contributed by atoms with Crippen LogP contribution in [0.4, 0.5) is 11.5 Å². The largest absolute Gasteiger partial charge is 0.353 e. The third-order valence-corrected chi connectivity index (χ3v) is 10.9. The highest BCUT2D eigenvalue weighted by Crippen LogP contribution is 2.40. The Kier molecular flexibility index (Phi) is 8.80. The number of rotatable bonds is 5. The summed E-state index contributed by atoms with van der Waals surface area (Å²) in [5, 5.41) is 13.6. The van der Waals surface area contributed by atoms with E-state index in [-0.39, 0.29) is 31.7 Å². The second-order valence-electron chi connectivity index (χ2n) is 12.5. The summed E-state index contributed by atoms with van der Waals surface area (Å²) in [7, 11) is 0. The van der Waals surface area contributed by atoms with Crippen molar-refractivity contribution in [2.45, 2.75) is 39.7 Å². The Morgan fingerprint density at radius 3 is 2.43 bits per heavy atom. The summed E-state index contributed by atoms with van der Waals surface area (Å²) >= 11 is 7.95. The van der Waals surface area contributed by atoms with Crippen LogP contribution in [0.25, 0.3) is 16.1 Å². The highest BCUT2D eigenvalue weighted by molar-refractivity contribution is 7.59. The van der Waals surface area contributed by atoms with Crippen LogP contribution in [0.2, 0.25) is 5.02 Å². The van der Waals surface area contributed by atoms with Gasteiger partial charge in [-0.3, -0.25) is 19.1 Å². The summed E-state index contributed by atoms with van der Waals surface area (Å²) < 4.78 is 2.08. The Morgan fingerprint density at radius 1 is 0.959 bits per heavy atom. The van der Waals surface area contributed by atoms with E-state index >= 15 is 0 Å². The van der Waals surface area contributed by atoms with Crippen molar-refractivity contribution in [2.75, 3.05) is 36.4 Å². The number of halogens is 1. The van der Waals surface area contributed by atoms with Gasteiger partial charge in [0.1, 0.15) is 22.7 Å². The summed E-state index contributed by atoms with van der Waals surface area (Å²) in [5.74, 6) is 2.40. The van der Waals surface area contributed by atoms with Gasteiger partial charge in [-0.2, -0.15) is 13.5 Å². The number of fused-ring (bicyclic) bond motifs is 4. The number of hydrogen-bond acceptors (Lipinski definition) is 8. The fourth-order valence-corrected chi connectivity index (χ4v) is 8.10. The number of nitrogens with one attached hydrogen (secondary N) is 1. The average Bonchev–Trinajstić information content (AvgIpc) is 3.73. The second-order valence-corrected chi connectivity index (χ2v) is 14.1. The number of pyridine rings is 1. The van der Waals surface area contributed by atoms with Crippen LogP contribution in [0, 0.1) is 20.8 Å². The van der Waals surface area contributed by atoms with Crippen molar-refractivity contribution >= 4 is 65.5 Å². The number of thiophene rings is 1. The normalized spacial score (nSPS) is 16.6. The van der Waals surface area contributed by atoms with Gasteiger partial charge in [-0.05, 0) is 73.9 Å². The molecule has 2 aromatic carbocycles. The van der Waals surface area contributed by atoms with Crippen LogP contribution >= 0.6 is 36.4 Å². The first kappa shape index (κ1) is 33.0. The molecule has 13 heteroatoms. The van der Waals surface area contributed by atoms with E-state index in [4.69, 9.17) is 21.6 Å². The summed E-state index contributed by atoms with van der Waals surface area (Å²) in [5.41, 5.74) is 7.93. The summed E-state index contributed by atoms with van der Waals surface area (Å²) in [4.78, 5) is 41.0. The maximum absolute atomic E-state index is 13.9. The first-order chi connectivity index (χ1) is 23.2. The molecule has 1 N–H and O–H groups in total. The zero-order valence-corrected chi connectivity index (χ0v) is 29.9. The van der Waals surface area contributed by atoms with E-state index in [9.17, 15) is 9.59 Å². The van der Waals surface area contributed by atoms with Crippen LogP contribution < -0.4 is 10.2 Å². The third-order valence-electron chi connectivity index (χ3n) is 9.49. The Bertz CT molecular complexity index is 2120. The molecule has 1 saturated heterocycles. The molecular formula is C36H35ClN8O2S2. The number of amides is 2. The molecule has 3 aromatic heterocycles. The maximum Gasteiger partial charge on any atom is 0.228 e. The molecule has 1 atom stereocenters. The second kappa shape index (κ2) is 13.1. The highest BCUT2D eigenvalue weighted by atomic mass is 35.5. The van der Waals surface area contributed by atoms with E-state index in [1.54, 1.807) is 11.3 Å². The number of carbonyl (C=O) groups is 2. The van der Waals surface area contributed by atoms with Gasteiger partial charge in [-0.1, -0.05) is 29.8 Å². The van der Waals surface area contributed by atoms with Gasteiger partial charge in [0, 0.05) is 64.7 Å². The van der Waals surface area contributed by atoms with Gasteiger partial charge < -0.3 is 15.1 Å². The number of nitrogens with zero attached hydrogens (tertiary/aromatic N) is 7. The molecule has 0 saturated carbocycles. The topological polar surface area (TPSA) is 109 Å². The molecule has 49 heavy (non-hydrogen) atoms. The first-order valence-electron chi connectivity index (χ1n) is 16.0. The van der Waals surface area contributed by atoms with E-state index in [1.807, 2.05) is 60.5 Å². The molecule has 3 aliphatic heterocycles. The maximum atomic E-state index is 13.9. The lowest BCUT2D eigenvalue weighted by molar-refractivity contribution is -0.132. The zero-order valence-electron chi connectivity index (χ0n) is 27.3. The molecule has 5 aromatic rings. The Balaban J connectivity index is 0.00000378. The fraction of sp³-hybridized carbons (Fsp3) is 0.278. The minimum atomic E-state index is -0.496. The van der Waals surface area contributed by atoms with Crippen LogP contribution in [0.5, 0.6) is 0 Å². The van der Waals surface area contributed by atoms with Crippen molar-refractivity contribution in [1.29, 1.82) is 0 Å². The van der Waals surface area contributed by atoms with E-state index in [0.29, 0.717) is 43.4 Å². The lowest BCUT2D eigenvalue weighted by Gasteiger charge is -2.35. The smallest absolute Gasteiger partial charge is 0.228 e. The molecule has 10 nitrogen and oxygen atoms in total. The average molecular weight is 711 g/mol. The summed E-state index contributed by atoms with van der Waals surface area (Å²) in [6.45, 7) is 8.73. The van der Waals surface area contributed by atoms with Crippen LogP contribution in [0.1, 0.15) is 51.2 Å². The predicted octanol–water partition coefficient (Wildman–Crippen LogP) is 6.21. The number of benzene rings is 2. The summed E-state index contributed by atoms with van der Waals surface area (Å²) in [6.07, 6.45) is 2.47. The van der Waals surface area contributed by atoms with Gasteiger partial charge in [0.05, 0.1) is 18.6 Å². The van der Waals surface area contributed by atoms with E-state index in [2.05, 4.69) is 51.0 Å². The van der Waals surface area contributed by atoms with Crippen LogP contribution in [0.3, 0.4) is 0 Å². The number of carbonyl (C=O) groups excluding carboxylic acids is 2. The number of aliphatic imine (C=N–C) groups is 1. The minimum absolute atomic E-state index is 0. The molecule has 0 radical (unpaired) electrons. The van der Waals surface area contributed by atoms with Crippen molar-refractivity contribution in [3.05, 3.63) is 105 Å². The quantitative estimate of drug-likeness (QED) is 0.233. The third kappa shape index (κ3) is 6.02. The van der Waals surface area contributed by atoms with E-state index in [0.717, 1.165) is 61.4 Å². The van der Waals surface area contributed by atoms with Crippen molar-refractivity contribution < 1.29 is 9.59 Å². The molecule has 0 bridgehead atoms. The van der Waals surface area contributed by atoms with E-state index < -0.39 is 6.04 Å². The van der Waals surface area contributed by atoms with Crippen LogP contribution in [-0.2, 0) is 16.0 Å². The van der Waals surface area contributed by atoms with Gasteiger partial charge in [-0.15, -0.1) is 21.5 Å². The molecule has 0 aliphatic carbocycles. The van der Waals surface area contributed by atoms with Crippen molar-refractivity contribution in [3.8, 4) is 16.1 Å². The standard InChI is InChI=1S/C36H33ClN8O2S.H2S/c1-20-21(2)48-36-33(20)34(23-4-8-27(37)9-5-23)40-29(35-42-41-22(3)45(35)36)18-32(47)44-14-12-43(13-15-44)30-11-7-25(19-38-30)24-6-10-28-26(16-24)17-31(46)39-28;/h4-11,16,19,29H,12-15,17-18H2,1-3H3,(H,39,46);1H2/t29-;/m0./s1. The number of piperazine rings is 1. The van der Waals surface area contributed by atoms with Gasteiger partial charge in [0.15, 0.2) is 5.82 Å². The Hall–Kier alpha value is -4.52. The number of hydrogen-bond donors (Lipinski definition) is 1. The first-order valence-corrected chi connectivity index (χ1v) is 17.2. The van der Waals surface area contributed by atoms with Gasteiger partial charge >= 0.3 is 0 Å². The molecule has 6 heterocycles. The minimum Gasteiger partial charge on any atom is -0.353 e. The van der Waals surface area contributed by atoms with E-state index in [1.165, 1.54) is 4.88 Å². The van der Waals surface area contributed by atoms with Crippen LogP contribution in [0.15, 0.2) is 65.8 Å². The molecule has 2 amide bonds. The molecule has 0 spiro atoms. The Morgan fingerprint density at radius 2 is 1.69 bits per heavy atom. The van der Waals surface area contributed by atoms with Crippen molar-refractivity contribution in [1.82, 2.24) is 24.6 Å². The van der Waals surface area contributed by atoms with Crippen molar-refractivity contribution in [3.63, 3.8) is 0 Å². The summed E-state index contributed by atoms with van der Waals surface area (Å²) in [6, 6.07) is 17.3. The SMILES string of the molecule is Cc1sc2c(c1C)C(c1ccc(Cl)cc1)=N[C@@H](CC(=O)N1CCN(c3ccc(-c4ccc5c(c4)CC(=O)N5)cn3)CC1)c1nnc(C)n1-2.S. The zero-order chi connectivity index (χ0) is 33.1. The predicted molar refractivity (Wildman–Crippen MR) is 199 cm³/mol. The highest BCUT2D eigenvalue weighted by Gasteiger charge is 2.34. The monoisotopic (exact) mass is 710 g/mol. The van der Waals surface area contributed by atoms with Gasteiger partial charge in [0.2, 0.25) is 11.8 Å². The molecule has 250 valence electrons. The number of anilines is 2. The lowest BCUT2D eigenvalue weighted by Crippen LogP contribution is -2.49. The van der Waals surface area contributed by atoms with Gasteiger partial charge in [-0.25, -0.2) is 4.98 Å². The van der Waals surface area contributed by atoms with Gasteiger partial charge in [0.25, 0.3) is 0 Å². The van der Waals surface area contributed by atoms with Crippen LogP contribution in [-0.4, -0.2) is 68.4 Å². The molecule has 0 unspecified atom stereocenters. The fourth-order valence-electron chi connectivity index (χ4n) is 6.76. The molecule has 3 aliphatic rings. The molecular weight excluding hydrogens is 676 g/mol. The number of aromatic nitrogens is 4. The molecule has 8 rings (SSSR count). The van der Waals surface area contributed by atoms with Crippen molar-refractivity contribution in [2.24, 2.45) is 4.99 Å². The lowest BCUT2D eigenvalue weighted by atomic mass is 9.99. The Labute approximate surface area is 300 Å². The number of aryl methyl sites for hydroxylation is 2.